The Labute approximate surface area is 159 Å². The molecule has 1 amide bonds. The first-order valence-corrected chi connectivity index (χ1v) is 8.51. The van der Waals surface area contributed by atoms with Crippen molar-refractivity contribution in [3.63, 3.8) is 0 Å². The van der Waals surface area contributed by atoms with Crippen LogP contribution in [0.15, 0.2) is 42.6 Å². The third-order valence-electron chi connectivity index (χ3n) is 3.71. The summed E-state index contributed by atoms with van der Waals surface area (Å²) in [5, 5.41) is 6.77. The lowest BCUT2D eigenvalue weighted by Crippen LogP contribution is -2.32. The average Bonchev–Trinajstić information content (AvgIpc) is 3.01. The van der Waals surface area contributed by atoms with E-state index in [2.05, 4.69) is 15.4 Å². The second-order valence-electron chi connectivity index (χ2n) is 7.21. The zero-order valence-electron chi connectivity index (χ0n) is 15.5. The van der Waals surface area contributed by atoms with Gasteiger partial charge in [0.15, 0.2) is 11.5 Å². The normalized spacial score (nSPS) is 12.2. The van der Waals surface area contributed by atoms with Crippen molar-refractivity contribution in [1.29, 1.82) is 0 Å². The predicted octanol–water partition coefficient (Wildman–Crippen LogP) is 4.44. The lowest BCUT2D eigenvalue weighted by atomic mass is 10.1. The van der Waals surface area contributed by atoms with E-state index in [1.165, 1.54) is 6.07 Å². The molecule has 9 heteroatoms. The summed E-state index contributed by atoms with van der Waals surface area (Å²) in [6.45, 7) is 5.62. The Morgan fingerprint density at radius 2 is 1.79 bits per heavy atom. The van der Waals surface area contributed by atoms with E-state index in [1.54, 1.807) is 45.0 Å². The van der Waals surface area contributed by atoms with Crippen molar-refractivity contribution in [3.05, 3.63) is 53.7 Å². The second kappa shape index (κ2) is 7.14. The summed E-state index contributed by atoms with van der Waals surface area (Å²) in [5.41, 5.74) is 0.434. The highest BCUT2D eigenvalue weighted by molar-refractivity contribution is 5.67. The molecule has 148 valence electrons. The number of nitrogens with one attached hydrogen (secondary N) is 1. The molecule has 1 aromatic carbocycles. The first-order valence-electron chi connectivity index (χ1n) is 8.51. The van der Waals surface area contributed by atoms with Crippen LogP contribution < -0.4 is 5.32 Å². The third kappa shape index (κ3) is 4.79. The fourth-order valence-electron chi connectivity index (χ4n) is 2.43. The zero-order valence-corrected chi connectivity index (χ0v) is 15.5. The number of rotatable bonds is 3. The molecule has 3 aromatic rings. The average molecular weight is 392 g/mol. The Morgan fingerprint density at radius 3 is 2.39 bits per heavy atom. The molecule has 0 atom stereocenters. The summed E-state index contributed by atoms with van der Waals surface area (Å²) < 4.78 is 44.7. The van der Waals surface area contributed by atoms with Gasteiger partial charge in [-0.2, -0.15) is 13.2 Å². The Kier molecular flexibility index (Phi) is 5.01. The SMILES string of the molecule is CC(C)(C)OC(=O)NCc1ccc(-c2nc3ccc(C(F)(F)F)cn3n2)cc1. The van der Waals surface area contributed by atoms with Gasteiger partial charge in [-0.3, -0.25) is 0 Å². The van der Waals surface area contributed by atoms with Crippen LogP contribution in [0.2, 0.25) is 0 Å². The molecule has 0 fully saturated rings. The highest BCUT2D eigenvalue weighted by Crippen LogP contribution is 2.29. The fourth-order valence-corrected chi connectivity index (χ4v) is 2.43. The summed E-state index contributed by atoms with van der Waals surface area (Å²) in [7, 11) is 0. The second-order valence-corrected chi connectivity index (χ2v) is 7.21. The summed E-state index contributed by atoms with van der Waals surface area (Å²) in [6.07, 6.45) is -4.05. The van der Waals surface area contributed by atoms with Crippen molar-refractivity contribution in [3.8, 4) is 11.4 Å². The number of hydrogen-bond acceptors (Lipinski definition) is 4. The maximum absolute atomic E-state index is 12.8. The molecule has 0 aliphatic heterocycles. The van der Waals surface area contributed by atoms with Crippen molar-refractivity contribution in [2.24, 2.45) is 0 Å². The van der Waals surface area contributed by atoms with Gasteiger partial charge in [0, 0.05) is 18.3 Å². The number of hydrogen-bond donors (Lipinski definition) is 1. The van der Waals surface area contributed by atoms with Crippen LogP contribution in [0.5, 0.6) is 0 Å². The standard InChI is InChI=1S/C19H19F3N4O2/c1-18(2,3)28-17(27)23-10-12-4-6-13(7-5-12)16-24-15-9-8-14(19(20,21)22)11-26(15)25-16/h4-9,11H,10H2,1-3H3,(H,23,27). The van der Waals surface area contributed by atoms with Crippen molar-refractivity contribution in [2.45, 2.75) is 39.1 Å². The minimum atomic E-state index is -4.44. The van der Waals surface area contributed by atoms with Crippen LogP contribution in [0.4, 0.5) is 18.0 Å². The first kappa shape index (κ1) is 19.7. The molecule has 0 saturated carbocycles. The van der Waals surface area contributed by atoms with Gasteiger partial charge in [-0.15, -0.1) is 5.10 Å². The summed E-state index contributed by atoms with van der Waals surface area (Å²) in [4.78, 5) is 15.9. The summed E-state index contributed by atoms with van der Waals surface area (Å²) in [6, 6.07) is 9.29. The Bertz CT molecular complexity index is 989. The fraction of sp³-hybridized carbons (Fsp3) is 0.316. The lowest BCUT2D eigenvalue weighted by molar-refractivity contribution is -0.137. The molecule has 3 rings (SSSR count). The molecule has 0 saturated heterocycles. The molecule has 0 aliphatic carbocycles. The van der Waals surface area contributed by atoms with Gasteiger partial charge in [-0.1, -0.05) is 24.3 Å². The van der Waals surface area contributed by atoms with Gasteiger partial charge in [0.25, 0.3) is 0 Å². The van der Waals surface area contributed by atoms with Crippen molar-refractivity contribution < 1.29 is 22.7 Å². The van der Waals surface area contributed by atoms with Crippen molar-refractivity contribution in [1.82, 2.24) is 19.9 Å². The van der Waals surface area contributed by atoms with Gasteiger partial charge in [0.1, 0.15) is 5.60 Å². The number of ether oxygens (including phenoxy) is 1. The monoisotopic (exact) mass is 392 g/mol. The Balaban J connectivity index is 1.72. The van der Waals surface area contributed by atoms with Crippen LogP contribution in [-0.4, -0.2) is 26.3 Å². The molecule has 0 radical (unpaired) electrons. The Hall–Kier alpha value is -3.10. The van der Waals surface area contributed by atoms with E-state index in [0.29, 0.717) is 17.0 Å². The van der Waals surface area contributed by atoms with Gasteiger partial charge in [0.05, 0.1) is 5.56 Å². The highest BCUT2D eigenvalue weighted by Gasteiger charge is 2.31. The molecular weight excluding hydrogens is 373 g/mol. The van der Waals surface area contributed by atoms with Gasteiger partial charge in [-0.25, -0.2) is 14.3 Å². The van der Waals surface area contributed by atoms with Gasteiger partial charge < -0.3 is 10.1 Å². The predicted molar refractivity (Wildman–Crippen MR) is 96.5 cm³/mol. The number of benzene rings is 1. The number of pyridine rings is 1. The topological polar surface area (TPSA) is 68.5 Å². The van der Waals surface area contributed by atoms with Crippen molar-refractivity contribution in [2.75, 3.05) is 0 Å². The smallest absolute Gasteiger partial charge is 0.417 e. The molecule has 0 aliphatic rings. The minimum Gasteiger partial charge on any atom is -0.444 e. The van der Waals surface area contributed by atoms with Crippen LogP contribution in [-0.2, 0) is 17.5 Å². The zero-order chi connectivity index (χ0) is 20.5. The number of amides is 1. The highest BCUT2D eigenvalue weighted by atomic mass is 19.4. The minimum absolute atomic E-state index is 0.280. The third-order valence-corrected chi connectivity index (χ3v) is 3.71. The van der Waals surface area contributed by atoms with Crippen LogP contribution in [0.25, 0.3) is 17.0 Å². The molecule has 2 aromatic heterocycles. The Morgan fingerprint density at radius 1 is 1.11 bits per heavy atom. The molecule has 0 unspecified atom stereocenters. The maximum Gasteiger partial charge on any atom is 0.417 e. The molecule has 2 heterocycles. The van der Waals surface area contributed by atoms with E-state index < -0.39 is 23.4 Å². The molecule has 28 heavy (non-hydrogen) atoms. The van der Waals surface area contributed by atoms with Crippen LogP contribution in [0, 0.1) is 0 Å². The van der Waals surface area contributed by atoms with Gasteiger partial charge in [-0.05, 0) is 38.5 Å². The van der Waals surface area contributed by atoms with E-state index in [1.807, 2.05) is 0 Å². The van der Waals surface area contributed by atoms with Crippen LogP contribution in [0.1, 0.15) is 31.9 Å². The largest absolute Gasteiger partial charge is 0.444 e. The lowest BCUT2D eigenvalue weighted by Gasteiger charge is -2.19. The summed E-state index contributed by atoms with van der Waals surface area (Å²) in [5.74, 6) is 0.311. The number of alkyl carbamates (subject to hydrolysis) is 1. The van der Waals surface area contributed by atoms with E-state index in [9.17, 15) is 18.0 Å². The number of carbonyl (C=O) groups excluding carboxylic acids is 1. The van der Waals surface area contributed by atoms with E-state index in [-0.39, 0.29) is 6.54 Å². The molecule has 0 bridgehead atoms. The number of aromatic nitrogens is 3. The van der Waals surface area contributed by atoms with Crippen LogP contribution >= 0.6 is 0 Å². The van der Waals surface area contributed by atoms with E-state index >= 15 is 0 Å². The molecular formula is C19H19F3N4O2. The molecule has 0 spiro atoms. The number of carbonyl (C=O) groups is 1. The van der Waals surface area contributed by atoms with Crippen LogP contribution in [0.3, 0.4) is 0 Å². The van der Waals surface area contributed by atoms with E-state index in [4.69, 9.17) is 4.74 Å². The number of nitrogens with zero attached hydrogens (tertiary/aromatic N) is 3. The number of alkyl halides is 3. The maximum atomic E-state index is 12.8. The van der Waals surface area contributed by atoms with Gasteiger partial charge >= 0.3 is 12.3 Å². The quantitative estimate of drug-likeness (QED) is 0.716. The van der Waals surface area contributed by atoms with Crippen molar-refractivity contribution >= 4 is 11.7 Å². The molecule has 6 nitrogen and oxygen atoms in total. The first-order chi connectivity index (χ1) is 13.0. The summed E-state index contributed by atoms with van der Waals surface area (Å²) >= 11 is 0. The number of halogens is 3. The molecule has 1 N–H and O–H groups in total. The number of fused-ring (bicyclic) bond motifs is 1. The van der Waals surface area contributed by atoms with Gasteiger partial charge in [0.2, 0.25) is 0 Å². The van der Waals surface area contributed by atoms with E-state index in [0.717, 1.165) is 22.3 Å².